The van der Waals surface area contributed by atoms with Gasteiger partial charge in [0.25, 0.3) is 0 Å². The lowest BCUT2D eigenvalue weighted by atomic mass is 10.0. The van der Waals surface area contributed by atoms with Gasteiger partial charge in [-0.3, -0.25) is 4.79 Å². The maximum Gasteiger partial charge on any atom is 0.222 e. The van der Waals surface area contributed by atoms with E-state index in [1.807, 2.05) is 46.1 Å². The topological polar surface area (TPSA) is 51.0 Å². The average molecular weight is 374 g/mol. The van der Waals surface area contributed by atoms with Crippen LogP contribution in [0.3, 0.4) is 0 Å². The zero-order valence-corrected chi connectivity index (χ0v) is 16.5. The van der Waals surface area contributed by atoms with Gasteiger partial charge in [-0.2, -0.15) is 0 Å². The van der Waals surface area contributed by atoms with E-state index in [9.17, 15) is 4.79 Å². The van der Waals surface area contributed by atoms with Crippen LogP contribution in [0.4, 0.5) is 0 Å². The van der Waals surface area contributed by atoms with Crippen molar-refractivity contribution in [3.8, 4) is 11.3 Å². The molecule has 1 aliphatic rings. The van der Waals surface area contributed by atoms with Crippen LogP contribution in [-0.2, 0) is 11.2 Å². The van der Waals surface area contributed by atoms with E-state index in [1.54, 1.807) is 0 Å². The summed E-state index contributed by atoms with van der Waals surface area (Å²) in [5.74, 6) is 0.226. The number of carbonyl (C=O) groups excluding carboxylic acids is 1. The van der Waals surface area contributed by atoms with E-state index in [2.05, 4.69) is 42.4 Å². The van der Waals surface area contributed by atoms with Crippen molar-refractivity contribution in [3.05, 3.63) is 71.4 Å². The Hall–Kier alpha value is -2.95. The monoisotopic (exact) mass is 374 g/mol. The lowest BCUT2D eigenvalue weighted by Gasteiger charge is -2.16. The van der Waals surface area contributed by atoms with Crippen LogP contribution in [0.2, 0.25) is 0 Å². The van der Waals surface area contributed by atoms with Gasteiger partial charge >= 0.3 is 0 Å². The smallest absolute Gasteiger partial charge is 0.222 e. The van der Waals surface area contributed by atoms with E-state index < -0.39 is 0 Å². The minimum Gasteiger partial charge on any atom is -0.340 e. The van der Waals surface area contributed by atoms with Gasteiger partial charge in [0.2, 0.25) is 5.91 Å². The Balaban J connectivity index is 1.34. The van der Waals surface area contributed by atoms with Crippen LogP contribution in [0.1, 0.15) is 35.6 Å². The second-order valence-corrected chi connectivity index (χ2v) is 7.65. The van der Waals surface area contributed by atoms with Crippen LogP contribution in [0.5, 0.6) is 0 Å². The molecule has 4 rings (SSSR count). The molecule has 3 aromatic rings. The molecule has 1 unspecified atom stereocenters. The number of aromatic nitrogens is 3. The van der Waals surface area contributed by atoms with E-state index in [0.29, 0.717) is 13.0 Å². The van der Waals surface area contributed by atoms with Gasteiger partial charge in [0, 0.05) is 25.1 Å². The minimum absolute atomic E-state index is 0.204. The third-order valence-electron chi connectivity index (χ3n) is 5.67. The van der Waals surface area contributed by atoms with Crippen LogP contribution in [0, 0.1) is 13.8 Å². The molecule has 0 saturated carbocycles. The molecule has 1 saturated heterocycles. The summed E-state index contributed by atoms with van der Waals surface area (Å²) < 4.78 is 1.92. The first-order valence-corrected chi connectivity index (χ1v) is 9.91. The van der Waals surface area contributed by atoms with Crippen LogP contribution in [0.15, 0.2) is 54.7 Å². The van der Waals surface area contributed by atoms with Crippen molar-refractivity contribution in [1.29, 1.82) is 0 Å². The van der Waals surface area contributed by atoms with Gasteiger partial charge in [0.1, 0.15) is 5.69 Å². The average Bonchev–Trinajstić information content (AvgIpc) is 3.39. The molecule has 0 bridgehead atoms. The molecule has 0 radical (unpaired) electrons. The fraction of sp³-hybridized carbons (Fsp3) is 0.348. The van der Waals surface area contributed by atoms with E-state index >= 15 is 0 Å². The van der Waals surface area contributed by atoms with Crippen molar-refractivity contribution in [1.82, 2.24) is 19.9 Å². The first-order chi connectivity index (χ1) is 13.6. The standard InChI is InChI=1S/C23H26N4O/c1-17-8-9-19(14-18(17)2)10-11-23(28)26-13-12-21(15-26)27-16-22(24-25-27)20-6-4-3-5-7-20/h3-9,14,16,21H,10-13,15H2,1-2H3. The van der Waals surface area contributed by atoms with Gasteiger partial charge in [-0.15, -0.1) is 5.10 Å². The molecule has 0 aliphatic carbocycles. The summed E-state index contributed by atoms with van der Waals surface area (Å²) in [6.07, 6.45) is 4.26. The lowest BCUT2D eigenvalue weighted by molar-refractivity contribution is -0.130. The second-order valence-electron chi connectivity index (χ2n) is 7.65. The zero-order chi connectivity index (χ0) is 19.5. The second kappa shape index (κ2) is 7.97. The van der Waals surface area contributed by atoms with E-state index in [4.69, 9.17) is 0 Å². The molecule has 5 nitrogen and oxygen atoms in total. The van der Waals surface area contributed by atoms with Crippen LogP contribution in [0.25, 0.3) is 11.3 Å². The Kier molecular flexibility index (Phi) is 5.24. The molecule has 5 heteroatoms. The normalized spacial score (nSPS) is 16.5. The molecular weight excluding hydrogens is 348 g/mol. The Morgan fingerprint density at radius 2 is 1.93 bits per heavy atom. The van der Waals surface area contributed by atoms with Crippen LogP contribution >= 0.6 is 0 Å². The summed E-state index contributed by atoms with van der Waals surface area (Å²) in [6.45, 7) is 5.73. The van der Waals surface area contributed by atoms with Crippen molar-refractivity contribution in [2.75, 3.05) is 13.1 Å². The number of carbonyl (C=O) groups is 1. The summed E-state index contributed by atoms with van der Waals surface area (Å²) in [4.78, 5) is 14.6. The molecule has 1 aliphatic heterocycles. The van der Waals surface area contributed by atoms with Gasteiger partial charge < -0.3 is 4.90 Å². The Labute approximate surface area is 166 Å². The van der Waals surface area contributed by atoms with E-state index in [0.717, 1.165) is 30.6 Å². The summed E-state index contributed by atoms with van der Waals surface area (Å²) in [7, 11) is 0. The van der Waals surface area contributed by atoms with Gasteiger partial charge in [-0.1, -0.05) is 53.7 Å². The number of benzene rings is 2. The third-order valence-corrected chi connectivity index (χ3v) is 5.67. The molecule has 1 aromatic heterocycles. The highest BCUT2D eigenvalue weighted by molar-refractivity contribution is 5.76. The van der Waals surface area contributed by atoms with Crippen molar-refractivity contribution in [2.24, 2.45) is 0 Å². The SMILES string of the molecule is Cc1ccc(CCC(=O)N2CCC(n3cc(-c4ccccc4)nn3)C2)cc1C. The molecule has 144 valence electrons. The highest BCUT2D eigenvalue weighted by atomic mass is 16.2. The van der Waals surface area contributed by atoms with Gasteiger partial charge in [-0.05, 0) is 43.4 Å². The molecule has 0 spiro atoms. The molecule has 2 heterocycles. The summed E-state index contributed by atoms with van der Waals surface area (Å²) in [6, 6.07) is 16.7. The number of aryl methyl sites for hydroxylation is 3. The molecule has 1 atom stereocenters. The van der Waals surface area contributed by atoms with E-state index in [-0.39, 0.29) is 11.9 Å². The Bertz CT molecular complexity index is 964. The molecule has 2 aromatic carbocycles. The Morgan fingerprint density at radius 1 is 1.11 bits per heavy atom. The predicted octanol–water partition coefficient (Wildman–Crippen LogP) is 3.97. The highest BCUT2D eigenvalue weighted by Gasteiger charge is 2.28. The van der Waals surface area contributed by atoms with Crippen LogP contribution < -0.4 is 0 Å². The summed E-state index contributed by atoms with van der Waals surface area (Å²) >= 11 is 0. The van der Waals surface area contributed by atoms with Crippen LogP contribution in [-0.4, -0.2) is 38.9 Å². The number of amides is 1. The summed E-state index contributed by atoms with van der Waals surface area (Å²) in [5, 5.41) is 8.61. The van der Waals surface area contributed by atoms with Crippen molar-refractivity contribution in [3.63, 3.8) is 0 Å². The van der Waals surface area contributed by atoms with Gasteiger partial charge in [0.15, 0.2) is 0 Å². The lowest BCUT2D eigenvalue weighted by Crippen LogP contribution is -2.29. The fourth-order valence-corrected chi connectivity index (χ4v) is 3.75. The van der Waals surface area contributed by atoms with Gasteiger partial charge in [-0.25, -0.2) is 4.68 Å². The van der Waals surface area contributed by atoms with Crippen molar-refractivity contribution in [2.45, 2.75) is 39.2 Å². The maximum atomic E-state index is 12.7. The zero-order valence-electron chi connectivity index (χ0n) is 16.5. The van der Waals surface area contributed by atoms with Crippen molar-refractivity contribution >= 4 is 5.91 Å². The first kappa shape index (κ1) is 18.4. The molecule has 28 heavy (non-hydrogen) atoms. The minimum atomic E-state index is 0.204. The molecule has 0 N–H and O–H groups in total. The Morgan fingerprint density at radius 3 is 2.71 bits per heavy atom. The van der Waals surface area contributed by atoms with E-state index in [1.165, 1.54) is 16.7 Å². The van der Waals surface area contributed by atoms with Gasteiger partial charge in [0.05, 0.1) is 12.2 Å². The number of rotatable bonds is 5. The first-order valence-electron chi connectivity index (χ1n) is 9.91. The highest BCUT2D eigenvalue weighted by Crippen LogP contribution is 2.24. The number of hydrogen-bond donors (Lipinski definition) is 0. The summed E-state index contributed by atoms with van der Waals surface area (Å²) in [5.41, 5.74) is 5.75. The largest absolute Gasteiger partial charge is 0.340 e. The molecule has 1 fully saturated rings. The quantitative estimate of drug-likeness (QED) is 0.679. The van der Waals surface area contributed by atoms with Crippen molar-refractivity contribution < 1.29 is 4.79 Å². The third kappa shape index (κ3) is 3.98. The fourth-order valence-electron chi connectivity index (χ4n) is 3.75. The number of nitrogens with zero attached hydrogens (tertiary/aromatic N) is 4. The number of likely N-dealkylation sites (tertiary alicyclic amines) is 1. The molecule has 1 amide bonds. The molecular formula is C23H26N4O. The number of hydrogen-bond acceptors (Lipinski definition) is 3. The maximum absolute atomic E-state index is 12.7. The predicted molar refractivity (Wildman–Crippen MR) is 110 cm³/mol.